The maximum absolute atomic E-state index is 11.6. The van der Waals surface area contributed by atoms with Crippen molar-refractivity contribution in [1.29, 1.82) is 0 Å². The summed E-state index contributed by atoms with van der Waals surface area (Å²) in [6, 6.07) is -0.529. The first-order valence-corrected chi connectivity index (χ1v) is 7.24. The van der Waals surface area contributed by atoms with Crippen LogP contribution in [0.15, 0.2) is 0 Å². The number of aliphatic carboxylic acids is 1. The van der Waals surface area contributed by atoms with E-state index in [9.17, 15) is 14.4 Å². The molecular formula is C14H25N3O4. The van der Waals surface area contributed by atoms with E-state index in [1.807, 2.05) is 20.8 Å². The zero-order valence-electron chi connectivity index (χ0n) is 12.9. The fourth-order valence-corrected chi connectivity index (χ4v) is 2.52. The Kier molecular flexibility index (Phi) is 6.14. The maximum atomic E-state index is 11.6. The van der Waals surface area contributed by atoms with Crippen LogP contribution in [-0.4, -0.2) is 41.6 Å². The largest absolute Gasteiger partial charge is 0.481 e. The molecule has 0 saturated heterocycles. The minimum absolute atomic E-state index is 0.000399. The molecule has 2 atom stereocenters. The van der Waals surface area contributed by atoms with Crippen molar-refractivity contribution >= 4 is 17.9 Å². The summed E-state index contributed by atoms with van der Waals surface area (Å²) in [6.45, 7) is 5.94. The van der Waals surface area contributed by atoms with E-state index in [2.05, 4.69) is 16.0 Å². The van der Waals surface area contributed by atoms with Gasteiger partial charge in [0.05, 0.1) is 12.5 Å². The van der Waals surface area contributed by atoms with Gasteiger partial charge >= 0.3 is 12.0 Å². The van der Waals surface area contributed by atoms with Crippen molar-refractivity contribution in [3.63, 3.8) is 0 Å². The number of hydrogen-bond acceptors (Lipinski definition) is 4. The Bertz CT molecular complexity index is 404. The summed E-state index contributed by atoms with van der Waals surface area (Å²) in [4.78, 5) is 34.1. The van der Waals surface area contributed by atoms with Gasteiger partial charge in [-0.1, -0.05) is 6.42 Å². The predicted molar refractivity (Wildman–Crippen MR) is 77.8 cm³/mol. The summed E-state index contributed by atoms with van der Waals surface area (Å²) >= 11 is 0. The molecule has 0 bridgehead atoms. The first-order chi connectivity index (χ1) is 9.69. The molecule has 2 unspecified atom stereocenters. The van der Waals surface area contributed by atoms with E-state index < -0.39 is 23.4 Å². The Labute approximate surface area is 124 Å². The lowest BCUT2D eigenvalue weighted by atomic mass is 9.96. The number of imide groups is 1. The van der Waals surface area contributed by atoms with Crippen LogP contribution in [0.1, 0.15) is 40.0 Å². The number of carbonyl (C=O) groups excluding carboxylic acids is 2. The van der Waals surface area contributed by atoms with E-state index in [1.54, 1.807) is 0 Å². The Morgan fingerprint density at radius 3 is 2.43 bits per heavy atom. The molecule has 120 valence electrons. The quantitative estimate of drug-likeness (QED) is 0.598. The number of carboxylic acids is 1. The smallest absolute Gasteiger partial charge is 0.321 e. The van der Waals surface area contributed by atoms with Crippen LogP contribution in [0.4, 0.5) is 4.79 Å². The van der Waals surface area contributed by atoms with Crippen LogP contribution in [0.2, 0.25) is 0 Å². The second-order valence-corrected chi connectivity index (χ2v) is 6.52. The Balaban J connectivity index is 2.25. The van der Waals surface area contributed by atoms with Gasteiger partial charge in [0.25, 0.3) is 0 Å². The molecule has 1 aliphatic rings. The highest BCUT2D eigenvalue weighted by molar-refractivity contribution is 5.95. The summed E-state index contributed by atoms with van der Waals surface area (Å²) in [7, 11) is 0. The van der Waals surface area contributed by atoms with Gasteiger partial charge in [-0.3, -0.25) is 14.9 Å². The summed E-state index contributed by atoms with van der Waals surface area (Å²) in [6.07, 6.45) is 2.46. The standard InChI is InChI=1S/C14H25N3O4/c1-14(2,3)17-13(21)16-11(18)8-15-7-9-5-4-6-10(9)12(19)20/h9-10,15H,4-8H2,1-3H3,(H,19,20)(H2,16,17,18,21). The van der Waals surface area contributed by atoms with Crippen molar-refractivity contribution in [2.75, 3.05) is 13.1 Å². The number of hydrogen-bond donors (Lipinski definition) is 4. The van der Waals surface area contributed by atoms with Crippen molar-refractivity contribution in [3.8, 4) is 0 Å². The molecule has 7 nitrogen and oxygen atoms in total. The van der Waals surface area contributed by atoms with Gasteiger partial charge in [-0.2, -0.15) is 0 Å². The second kappa shape index (κ2) is 7.40. The zero-order valence-corrected chi connectivity index (χ0v) is 12.9. The molecule has 7 heteroatoms. The van der Waals surface area contributed by atoms with Gasteiger partial charge in [-0.15, -0.1) is 0 Å². The molecule has 0 aromatic heterocycles. The topological polar surface area (TPSA) is 108 Å². The lowest BCUT2D eigenvalue weighted by molar-refractivity contribution is -0.142. The lowest BCUT2D eigenvalue weighted by Gasteiger charge is -2.20. The van der Waals surface area contributed by atoms with E-state index in [0.717, 1.165) is 12.8 Å². The SMILES string of the molecule is CC(C)(C)NC(=O)NC(=O)CNCC1CCCC1C(=O)O. The molecule has 0 aromatic rings. The van der Waals surface area contributed by atoms with Gasteiger partial charge in [0, 0.05) is 5.54 Å². The molecule has 1 saturated carbocycles. The predicted octanol–water partition coefficient (Wildman–Crippen LogP) is 0.701. The number of carboxylic acid groups (broad SMARTS) is 1. The number of carbonyl (C=O) groups is 3. The van der Waals surface area contributed by atoms with Crippen LogP contribution in [0.3, 0.4) is 0 Å². The van der Waals surface area contributed by atoms with Gasteiger partial charge in [0.1, 0.15) is 0 Å². The van der Waals surface area contributed by atoms with E-state index in [-0.39, 0.29) is 18.4 Å². The van der Waals surface area contributed by atoms with Crippen molar-refractivity contribution in [1.82, 2.24) is 16.0 Å². The monoisotopic (exact) mass is 299 g/mol. The molecule has 0 radical (unpaired) electrons. The van der Waals surface area contributed by atoms with Crippen LogP contribution in [0.25, 0.3) is 0 Å². The third-order valence-electron chi connectivity index (χ3n) is 3.41. The molecule has 1 aliphatic carbocycles. The maximum Gasteiger partial charge on any atom is 0.321 e. The van der Waals surface area contributed by atoms with Crippen LogP contribution in [0.5, 0.6) is 0 Å². The minimum Gasteiger partial charge on any atom is -0.481 e. The van der Waals surface area contributed by atoms with Gasteiger partial charge in [0.2, 0.25) is 5.91 Å². The van der Waals surface area contributed by atoms with Crippen LogP contribution in [-0.2, 0) is 9.59 Å². The first kappa shape index (κ1) is 17.4. The average molecular weight is 299 g/mol. The number of nitrogens with one attached hydrogen (secondary N) is 3. The van der Waals surface area contributed by atoms with Crippen molar-refractivity contribution < 1.29 is 19.5 Å². The highest BCUT2D eigenvalue weighted by atomic mass is 16.4. The Morgan fingerprint density at radius 2 is 1.86 bits per heavy atom. The van der Waals surface area contributed by atoms with E-state index in [4.69, 9.17) is 5.11 Å². The van der Waals surface area contributed by atoms with Gasteiger partial charge < -0.3 is 15.7 Å². The highest BCUT2D eigenvalue weighted by Crippen LogP contribution is 2.31. The van der Waals surface area contributed by atoms with Gasteiger partial charge in [-0.05, 0) is 46.1 Å². The molecule has 0 heterocycles. The summed E-state index contributed by atoms with van der Waals surface area (Å²) in [5, 5.41) is 16.8. The molecule has 0 aliphatic heterocycles. The third kappa shape index (κ3) is 6.57. The Morgan fingerprint density at radius 1 is 1.19 bits per heavy atom. The Hall–Kier alpha value is -1.63. The highest BCUT2D eigenvalue weighted by Gasteiger charge is 2.32. The van der Waals surface area contributed by atoms with E-state index >= 15 is 0 Å². The van der Waals surface area contributed by atoms with Crippen LogP contribution < -0.4 is 16.0 Å². The molecule has 0 spiro atoms. The molecule has 21 heavy (non-hydrogen) atoms. The average Bonchev–Trinajstić information content (AvgIpc) is 2.74. The van der Waals surface area contributed by atoms with Gasteiger partial charge in [-0.25, -0.2) is 4.79 Å². The molecule has 4 N–H and O–H groups in total. The van der Waals surface area contributed by atoms with E-state index in [0.29, 0.717) is 13.0 Å². The minimum atomic E-state index is -0.770. The third-order valence-corrected chi connectivity index (χ3v) is 3.41. The van der Waals surface area contributed by atoms with Crippen molar-refractivity contribution in [2.24, 2.45) is 11.8 Å². The zero-order chi connectivity index (χ0) is 16.0. The first-order valence-electron chi connectivity index (χ1n) is 7.24. The van der Waals surface area contributed by atoms with Gasteiger partial charge in [0.15, 0.2) is 0 Å². The normalized spacial score (nSPS) is 21.9. The summed E-state index contributed by atoms with van der Waals surface area (Å²) in [5.41, 5.74) is -0.406. The number of amides is 3. The van der Waals surface area contributed by atoms with E-state index in [1.165, 1.54) is 0 Å². The summed E-state index contributed by atoms with van der Waals surface area (Å²) < 4.78 is 0. The molecule has 1 rings (SSSR count). The second-order valence-electron chi connectivity index (χ2n) is 6.52. The fraction of sp³-hybridized carbons (Fsp3) is 0.786. The molecule has 0 aromatic carbocycles. The van der Waals surface area contributed by atoms with Crippen molar-refractivity contribution in [2.45, 2.75) is 45.6 Å². The number of urea groups is 1. The van der Waals surface area contributed by atoms with Crippen LogP contribution >= 0.6 is 0 Å². The molecule has 3 amide bonds. The fourth-order valence-electron chi connectivity index (χ4n) is 2.52. The number of rotatable bonds is 5. The molecular weight excluding hydrogens is 274 g/mol. The lowest BCUT2D eigenvalue weighted by Crippen LogP contribution is -2.50. The van der Waals surface area contributed by atoms with Crippen LogP contribution in [0, 0.1) is 11.8 Å². The molecule has 1 fully saturated rings. The van der Waals surface area contributed by atoms with Crippen molar-refractivity contribution in [3.05, 3.63) is 0 Å². The summed E-state index contributed by atoms with van der Waals surface area (Å²) in [5.74, 6) is -1.47.